The number of imidazole rings is 1. The minimum atomic E-state index is -0.00162. The van der Waals surface area contributed by atoms with Crippen LogP contribution >= 0.6 is 11.3 Å². The minimum Gasteiger partial charge on any atom is -0.335 e. The average Bonchev–Trinajstić information content (AvgIpc) is 3.34. The van der Waals surface area contributed by atoms with Crippen LogP contribution in [-0.4, -0.2) is 43.4 Å². The van der Waals surface area contributed by atoms with Crippen molar-refractivity contribution in [3.8, 4) is 10.7 Å². The van der Waals surface area contributed by atoms with Crippen molar-refractivity contribution in [2.75, 3.05) is 13.1 Å². The van der Waals surface area contributed by atoms with Crippen molar-refractivity contribution >= 4 is 17.2 Å². The van der Waals surface area contributed by atoms with Crippen LogP contribution < -0.4 is 0 Å². The SMILES string of the molecule is O=C(c1csc(-c2ccccn2)n1)N1CCCC(n2ccnc2)C1. The normalized spacial score (nSPS) is 17.8. The highest BCUT2D eigenvalue weighted by Gasteiger charge is 2.26. The van der Waals surface area contributed by atoms with Crippen LogP contribution in [0.5, 0.6) is 0 Å². The Balaban J connectivity index is 1.50. The molecule has 0 aliphatic carbocycles. The number of rotatable bonds is 3. The summed E-state index contributed by atoms with van der Waals surface area (Å²) in [5.74, 6) is -0.00162. The highest BCUT2D eigenvalue weighted by molar-refractivity contribution is 7.13. The molecule has 1 amide bonds. The molecule has 3 aromatic heterocycles. The van der Waals surface area contributed by atoms with E-state index in [1.807, 2.05) is 41.0 Å². The zero-order valence-electron chi connectivity index (χ0n) is 13.1. The Morgan fingerprint density at radius 1 is 1.29 bits per heavy atom. The van der Waals surface area contributed by atoms with E-state index in [0.29, 0.717) is 18.3 Å². The Morgan fingerprint density at radius 3 is 3.04 bits per heavy atom. The second-order valence-corrected chi connectivity index (χ2v) is 6.67. The first-order valence-electron chi connectivity index (χ1n) is 7.95. The lowest BCUT2D eigenvalue weighted by molar-refractivity contribution is 0.0674. The van der Waals surface area contributed by atoms with Gasteiger partial charge in [0.2, 0.25) is 0 Å². The van der Waals surface area contributed by atoms with Crippen molar-refractivity contribution in [2.45, 2.75) is 18.9 Å². The number of likely N-dealkylation sites (tertiary alicyclic amines) is 1. The number of pyridine rings is 1. The lowest BCUT2D eigenvalue weighted by Gasteiger charge is -2.32. The number of piperidine rings is 1. The zero-order valence-corrected chi connectivity index (χ0v) is 13.9. The van der Waals surface area contributed by atoms with Crippen molar-refractivity contribution < 1.29 is 4.79 Å². The molecule has 0 aromatic carbocycles. The van der Waals surface area contributed by atoms with Gasteiger partial charge < -0.3 is 9.47 Å². The number of carbonyl (C=O) groups is 1. The molecule has 0 radical (unpaired) electrons. The van der Waals surface area contributed by atoms with Crippen LogP contribution in [0.1, 0.15) is 29.4 Å². The summed E-state index contributed by atoms with van der Waals surface area (Å²) in [6.07, 6.45) is 9.35. The van der Waals surface area contributed by atoms with Crippen LogP contribution in [0.3, 0.4) is 0 Å². The van der Waals surface area contributed by atoms with E-state index in [2.05, 4.69) is 19.5 Å². The van der Waals surface area contributed by atoms with Gasteiger partial charge in [0, 0.05) is 37.1 Å². The highest BCUT2D eigenvalue weighted by atomic mass is 32.1. The fourth-order valence-electron chi connectivity index (χ4n) is 3.01. The molecule has 1 aliphatic rings. The van der Waals surface area contributed by atoms with E-state index in [-0.39, 0.29) is 5.91 Å². The van der Waals surface area contributed by atoms with Crippen molar-refractivity contribution in [3.63, 3.8) is 0 Å². The largest absolute Gasteiger partial charge is 0.335 e. The molecule has 3 aromatic rings. The number of hydrogen-bond donors (Lipinski definition) is 0. The fourth-order valence-corrected chi connectivity index (χ4v) is 3.78. The molecule has 24 heavy (non-hydrogen) atoms. The van der Waals surface area contributed by atoms with Crippen molar-refractivity contribution in [1.82, 2.24) is 24.4 Å². The van der Waals surface area contributed by atoms with Crippen LogP contribution in [0.2, 0.25) is 0 Å². The summed E-state index contributed by atoms with van der Waals surface area (Å²) in [6, 6.07) is 5.99. The fraction of sp³-hybridized carbons (Fsp3) is 0.294. The van der Waals surface area contributed by atoms with E-state index in [0.717, 1.165) is 30.1 Å². The molecular formula is C17H17N5OS. The van der Waals surface area contributed by atoms with Crippen LogP contribution in [0, 0.1) is 0 Å². The van der Waals surface area contributed by atoms with E-state index in [1.165, 1.54) is 11.3 Å². The Morgan fingerprint density at radius 2 is 2.25 bits per heavy atom. The molecule has 0 bridgehead atoms. The van der Waals surface area contributed by atoms with Gasteiger partial charge in [-0.1, -0.05) is 6.07 Å². The highest BCUT2D eigenvalue weighted by Crippen LogP contribution is 2.25. The number of aromatic nitrogens is 4. The number of hydrogen-bond acceptors (Lipinski definition) is 5. The third-order valence-electron chi connectivity index (χ3n) is 4.24. The second kappa shape index (κ2) is 6.52. The number of thiazole rings is 1. The summed E-state index contributed by atoms with van der Waals surface area (Å²) in [7, 11) is 0. The summed E-state index contributed by atoms with van der Waals surface area (Å²) in [6.45, 7) is 1.48. The lowest BCUT2D eigenvalue weighted by atomic mass is 10.1. The number of amides is 1. The Bertz CT molecular complexity index is 815. The van der Waals surface area contributed by atoms with Crippen molar-refractivity contribution in [3.05, 3.63) is 54.2 Å². The molecule has 6 nitrogen and oxygen atoms in total. The summed E-state index contributed by atoms with van der Waals surface area (Å²) in [5, 5.41) is 2.61. The predicted molar refractivity (Wildman–Crippen MR) is 91.7 cm³/mol. The van der Waals surface area contributed by atoms with E-state index in [1.54, 1.807) is 12.4 Å². The quantitative estimate of drug-likeness (QED) is 0.736. The molecule has 122 valence electrons. The smallest absolute Gasteiger partial charge is 0.273 e. The molecule has 0 saturated carbocycles. The first kappa shape index (κ1) is 15.0. The van der Waals surface area contributed by atoms with E-state index in [9.17, 15) is 4.79 Å². The lowest BCUT2D eigenvalue weighted by Crippen LogP contribution is -2.40. The molecule has 1 atom stereocenters. The summed E-state index contributed by atoms with van der Waals surface area (Å²) >= 11 is 1.46. The summed E-state index contributed by atoms with van der Waals surface area (Å²) in [5.41, 5.74) is 1.31. The molecule has 1 unspecified atom stereocenters. The molecule has 7 heteroatoms. The molecule has 0 spiro atoms. The molecule has 4 rings (SSSR count). The summed E-state index contributed by atoms with van der Waals surface area (Å²) in [4.78, 5) is 27.6. The second-order valence-electron chi connectivity index (χ2n) is 5.81. The topological polar surface area (TPSA) is 63.9 Å². The van der Waals surface area contributed by atoms with E-state index in [4.69, 9.17) is 0 Å². The third kappa shape index (κ3) is 2.94. The van der Waals surface area contributed by atoms with E-state index < -0.39 is 0 Å². The number of carbonyl (C=O) groups excluding carboxylic acids is 1. The van der Waals surface area contributed by atoms with Crippen molar-refractivity contribution in [2.24, 2.45) is 0 Å². The molecule has 1 fully saturated rings. The first-order chi connectivity index (χ1) is 11.8. The molecule has 1 saturated heterocycles. The number of nitrogens with zero attached hydrogens (tertiary/aromatic N) is 5. The maximum absolute atomic E-state index is 12.8. The predicted octanol–water partition coefficient (Wildman–Crippen LogP) is 2.88. The van der Waals surface area contributed by atoms with Crippen LogP contribution in [0.4, 0.5) is 0 Å². The molecule has 4 heterocycles. The first-order valence-corrected chi connectivity index (χ1v) is 8.83. The monoisotopic (exact) mass is 339 g/mol. The minimum absolute atomic E-state index is 0.00162. The van der Waals surface area contributed by atoms with Gasteiger partial charge in [-0.15, -0.1) is 11.3 Å². The van der Waals surface area contributed by atoms with Crippen LogP contribution in [0.25, 0.3) is 10.7 Å². The third-order valence-corrected chi connectivity index (χ3v) is 5.10. The maximum atomic E-state index is 12.8. The average molecular weight is 339 g/mol. The van der Waals surface area contributed by atoms with Gasteiger partial charge >= 0.3 is 0 Å². The summed E-state index contributed by atoms with van der Waals surface area (Å²) < 4.78 is 2.08. The van der Waals surface area contributed by atoms with Gasteiger partial charge in [-0.2, -0.15) is 0 Å². The van der Waals surface area contributed by atoms with Crippen molar-refractivity contribution in [1.29, 1.82) is 0 Å². The van der Waals surface area contributed by atoms with Gasteiger partial charge in [-0.3, -0.25) is 9.78 Å². The van der Waals surface area contributed by atoms with Gasteiger partial charge in [0.05, 0.1) is 18.1 Å². The zero-order chi connectivity index (χ0) is 16.4. The molecular weight excluding hydrogens is 322 g/mol. The van der Waals surface area contributed by atoms with Gasteiger partial charge in [-0.05, 0) is 25.0 Å². The Hall–Kier alpha value is -2.54. The van der Waals surface area contributed by atoms with Gasteiger partial charge in [0.15, 0.2) is 0 Å². The van der Waals surface area contributed by atoms with Crippen LogP contribution in [0.15, 0.2) is 48.5 Å². The molecule has 1 aliphatic heterocycles. The van der Waals surface area contributed by atoms with Crippen LogP contribution in [-0.2, 0) is 0 Å². The standard InChI is InChI=1S/C17H17N5OS/c23-17(15-11-24-16(20-15)14-5-1-2-6-19-14)21-8-3-4-13(10-21)22-9-7-18-12-22/h1-2,5-7,9,11-13H,3-4,8,10H2. The van der Waals surface area contributed by atoms with E-state index >= 15 is 0 Å². The Kier molecular flexibility index (Phi) is 4.08. The van der Waals surface area contributed by atoms with Gasteiger partial charge in [-0.25, -0.2) is 9.97 Å². The van der Waals surface area contributed by atoms with Gasteiger partial charge in [0.1, 0.15) is 10.7 Å². The maximum Gasteiger partial charge on any atom is 0.273 e. The van der Waals surface area contributed by atoms with Gasteiger partial charge in [0.25, 0.3) is 5.91 Å². The molecule has 0 N–H and O–H groups in total. The Labute approximate surface area is 143 Å².